The Balaban J connectivity index is 1.54. The van der Waals surface area contributed by atoms with Crippen LogP contribution in [0, 0.1) is 5.92 Å². The Labute approximate surface area is 157 Å². The van der Waals surface area contributed by atoms with E-state index in [1.165, 1.54) is 13.3 Å². The lowest BCUT2D eigenvalue weighted by atomic mass is 9.93. The standard InChI is InChI=1S/C19H24N4O4/c1-22-11-14(10-21-22)19(26)23-8-7-13(16(24)12-23)9-20-18(25)15-5-3-4-6-17(15)27-2/h3-6,10-11,13,16,24H,7-9,12H2,1-2H3,(H,20,25)/t13-,16+/m0/s1. The molecule has 8 heteroatoms. The molecule has 1 aromatic carbocycles. The molecule has 144 valence electrons. The number of hydrogen-bond acceptors (Lipinski definition) is 5. The van der Waals surface area contributed by atoms with Gasteiger partial charge < -0.3 is 20.1 Å². The molecule has 2 N–H and O–H groups in total. The molecular formula is C19H24N4O4. The highest BCUT2D eigenvalue weighted by Crippen LogP contribution is 2.20. The van der Waals surface area contributed by atoms with Gasteiger partial charge in [-0.3, -0.25) is 14.3 Å². The SMILES string of the molecule is COc1ccccc1C(=O)NC[C@@H]1CCN(C(=O)c2cnn(C)c2)C[C@H]1O. The van der Waals surface area contributed by atoms with Crippen LogP contribution in [0.3, 0.4) is 0 Å². The average molecular weight is 372 g/mol. The molecule has 2 heterocycles. The molecule has 8 nitrogen and oxygen atoms in total. The number of carbonyl (C=O) groups is 2. The summed E-state index contributed by atoms with van der Waals surface area (Å²) in [6.07, 6.45) is 3.10. The number of β-amino-alcohol motifs (C(OH)–C–C–N with tert-alkyl or cyclic N) is 1. The normalized spacial score (nSPS) is 19.6. The van der Waals surface area contributed by atoms with E-state index < -0.39 is 6.10 Å². The lowest BCUT2D eigenvalue weighted by Crippen LogP contribution is -2.49. The first-order valence-electron chi connectivity index (χ1n) is 8.86. The Morgan fingerprint density at radius 2 is 2.15 bits per heavy atom. The number of para-hydroxylation sites is 1. The molecule has 0 saturated carbocycles. The van der Waals surface area contributed by atoms with E-state index in [1.54, 1.807) is 47.1 Å². The molecule has 2 amide bonds. The summed E-state index contributed by atoms with van der Waals surface area (Å²) in [7, 11) is 3.27. The molecular weight excluding hydrogens is 348 g/mol. The van der Waals surface area contributed by atoms with Gasteiger partial charge in [0.05, 0.1) is 30.5 Å². The zero-order chi connectivity index (χ0) is 19.4. The van der Waals surface area contributed by atoms with Gasteiger partial charge in [0.2, 0.25) is 0 Å². The summed E-state index contributed by atoms with van der Waals surface area (Å²) in [6, 6.07) is 7.00. The third kappa shape index (κ3) is 4.28. The van der Waals surface area contributed by atoms with E-state index >= 15 is 0 Å². The van der Waals surface area contributed by atoms with Crippen molar-refractivity contribution in [1.29, 1.82) is 0 Å². The van der Waals surface area contributed by atoms with Gasteiger partial charge in [0, 0.05) is 38.8 Å². The van der Waals surface area contributed by atoms with Gasteiger partial charge in [-0.1, -0.05) is 12.1 Å². The predicted octanol–water partition coefficient (Wildman–Crippen LogP) is 0.682. The first-order chi connectivity index (χ1) is 13.0. The monoisotopic (exact) mass is 372 g/mol. The van der Waals surface area contributed by atoms with Crippen molar-refractivity contribution in [3.8, 4) is 5.75 Å². The number of ether oxygens (including phenoxy) is 1. The number of benzene rings is 1. The molecule has 0 unspecified atom stereocenters. The van der Waals surface area contributed by atoms with Crippen LogP contribution < -0.4 is 10.1 Å². The predicted molar refractivity (Wildman–Crippen MR) is 98.6 cm³/mol. The van der Waals surface area contributed by atoms with Crippen molar-refractivity contribution >= 4 is 11.8 Å². The van der Waals surface area contributed by atoms with E-state index in [-0.39, 0.29) is 24.3 Å². The number of carbonyl (C=O) groups excluding carboxylic acids is 2. The Morgan fingerprint density at radius 1 is 1.37 bits per heavy atom. The second-order valence-electron chi connectivity index (χ2n) is 6.68. The zero-order valence-electron chi connectivity index (χ0n) is 15.5. The van der Waals surface area contributed by atoms with Crippen LogP contribution in [0.1, 0.15) is 27.1 Å². The van der Waals surface area contributed by atoms with Crippen LogP contribution in [0.25, 0.3) is 0 Å². The summed E-state index contributed by atoms with van der Waals surface area (Å²) in [4.78, 5) is 26.5. The molecule has 1 aliphatic rings. The number of nitrogens with zero attached hydrogens (tertiary/aromatic N) is 3. The number of likely N-dealkylation sites (tertiary alicyclic amines) is 1. The van der Waals surface area contributed by atoms with Crippen molar-refractivity contribution < 1.29 is 19.4 Å². The number of aryl methyl sites for hydroxylation is 1. The molecule has 1 aromatic heterocycles. The largest absolute Gasteiger partial charge is 0.496 e. The maximum absolute atomic E-state index is 12.5. The van der Waals surface area contributed by atoms with Crippen molar-refractivity contribution in [3.05, 3.63) is 47.8 Å². The van der Waals surface area contributed by atoms with Crippen molar-refractivity contribution in [1.82, 2.24) is 20.0 Å². The number of piperidine rings is 1. The molecule has 0 bridgehead atoms. The van der Waals surface area contributed by atoms with Gasteiger partial charge >= 0.3 is 0 Å². The number of aromatic nitrogens is 2. The quantitative estimate of drug-likeness (QED) is 0.805. The Bertz CT molecular complexity index is 820. The lowest BCUT2D eigenvalue weighted by molar-refractivity contribution is 0.0198. The summed E-state index contributed by atoms with van der Waals surface area (Å²) in [5.74, 6) is 0.0150. The molecule has 0 aliphatic carbocycles. The molecule has 2 aromatic rings. The van der Waals surface area contributed by atoms with Crippen LogP contribution in [0.4, 0.5) is 0 Å². The fourth-order valence-electron chi connectivity index (χ4n) is 3.27. The summed E-state index contributed by atoms with van der Waals surface area (Å²) < 4.78 is 6.78. The summed E-state index contributed by atoms with van der Waals surface area (Å²) in [5, 5.41) is 17.3. The number of aliphatic hydroxyl groups is 1. The Hall–Kier alpha value is -2.87. The maximum Gasteiger partial charge on any atom is 0.257 e. The maximum atomic E-state index is 12.5. The van der Waals surface area contributed by atoms with Crippen LogP contribution in [0.5, 0.6) is 5.75 Å². The van der Waals surface area contributed by atoms with Crippen molar-refractivity contribution in [2.45, 2.75) is 12.5 Å². The second kappa shape index (κ2) is 8.22. The summed E-state index contributed by atoms with van der Waals surface area (Å²) >= 11 is 0. The zero-order valence-corrected chi connectivity index (χ0v) is 15.5. The molecule has 1 saturated heterocycles. The van der Waals surface area contributed by atoms with Crippen molar-refractivity contribution in [2.24, 2.45) is 13.0 Å². The highest BCUT2D eigenvalue weighted by Gasteiger charge is 2.31. The van der Waals surface area contributed by atoms with E-state index in [0.717, 1.165) is 0 Å². The average Bonchev–Trinajstić information content (AvgIpc) is 3.12. The number of methoxy groups -OCH3 is 1. The van der Waals surface area contributed by atoms with Crippen molar-refractivity contribution in [2.75, 3.05) is 26.7 Å². The van der Waals surface area contributed by atoms with E-state index in [2.05, 4.69) is 10.4 Å². The number of aliphatic hydroxyl groups excluding tert-OH is 1. The minimum Gasteiger partial charge on any atom is -0.496 e. The highest BCUT2D eigenvalue weighted by molar-refractivity contribution is 5.97. The van der Waals surface area contributed by atoms with Crippen LogP contribution in [-0.4, -0.2) is 64.4 Å². The fraction of sp³-hybridized carbons (Fsp3) is 0.421. The topological polar surface area (TPSA) is 96.7 Å². The van der Waals surface area contributed by atoms with E-state index in [4.69, 9.17) is 4.74 Å². The molecule has 1 fully saturated rings. The third-order valence-electron chi connectivity index (χ3n) is 4.84. The molecule has 3 rings (SSSR count). The van der Waals surface area contributed by atoms with E-state index in [9.17, 15) is 14.7 Å². The Kier molecular flexibility index (Phi) is 5.75. The van der Waals surface area contributed by atoms with Crippen LogP contribution in [0.2, 0.25) is 0 Å². The van der Waals surface area contributed by atoms with Crippen LogP contribution in [-0.2, 0) is 7.05 Å². The number of nitrogens with one attached hydrogen (secondary N) is 1. The van der Waals surface area contributed by atoms with Gasteiger partial charge in [-0.2, -0.15) is 5.10 Å². The second-order valence-corrected chi connectivity index (χ2v) is 6.68. The minimum absolute atomic E-state index is 0.110. The highest BCUT2D eigenvalue weighted by atomic mass is 16.5. The lowest BCUT2D eigenvalue weighted by Gasteiger charge is -2.35. The van der Waals surface area contributed by atoms with E-state index in [0.29, 0.717) is 36.4 Å². The van der Waals surface area contributed by atoms with Gasteiger partial charge in [-0.25, -0.2) is 0 Å². The molecule has 0 spiro atoms. The van der Waals surface area contributed by atoms with Crippen LogP contribution >= 0.6 is 0 Å². The van der Waals surface area contributed by atoms with Gasteiger partial charge in [0.25, 0.3) is 11.8 Å². The smallest absolute Gasteiger partial charge is 0.257 e. The van der Waals surface area contributed by atoms with Crippen LogP contribution in [0.15, 0.2) is 36.7 Å². The number of hydrogen-bond donors (Lipinski definition) is 2. The fourth-order valence-corrected chi connectivity index (χ4v) is 3.27. The van der Waals surface area contributed by atoms with Gasteiger partial charge in [-0.15, -0.1) is 0 Å². The molecule has 2 atom stereocenters. The molecule has 1 aliphatic heterocycles. The molecule has 27 heavy (non-hydrogen) atoms. The summed E-state index contributed by atoms with van der Waals surface area (Å²) in [5.41, 5.74) is 0.964. The first-order valence-corrected chi connectivity index (χ1v) is 8.86. The Morgan fingerprint density at radius 3 is 2.81 bits per heavy atom. The van der Waals surface area contributed by atoms with Gasteiger partial charge in [-0.05, 0) is 18.6 Å². The molecule has 0 radical (unpaired) electrons. The number of amides is 2. The third-order valence-corrected chi connectivity index (χ3v) is 4.84. The van der Waals surface area contributed by atoms with E-state index in [1.807, 2.05) is 0 Å². The minimum atomic E-state index is -0.697. The first kappa shape index (κ1) is 18.9. The van der Waals surface area contributed by atoms with Gasteiger partial charge in [0.1, 0.15) is 5.75 Å². The summed E-state index contributed by atoms with van der Waals surface area (Å²) in [6.45, 7) is 1.11. The van der Waals surface area contributed by atoms with Crippen molar-refractivity contribution in [3.63, 3.8) is 0 Å². The number of rotatable bonds is 5. The van der Waals surface area contributed by atoms with Gasteiger partial charge in [0.15, 0.2) is 0 Å².